The molecule has 0 spiro atoms. The van der Waals surface area contributed by atoms with Gasteiger partial charge in [-0.1, -0.05) is 39.0 Å². The summed E-state index contributed by atoms with van der Waals surface area (Å²) in [6.45, 7) is 14.3. The largest absolute Gasteiger partial charge is 0.494 e. The zero-order valence-corrected chi connectivity index (χ0v) is 20.1. The maximum atomic E-state index is 9.11. The lowest BCUT2D eigenvalue weighted by Crippen LogP contribution is -2.13. The van der Waals surface area contributed by atoms with Gasteiger partial charge in [-0.15, -0.1) is 0 Å². The molecule has 0 aliphatic carbocycles. The second-order valence-electron chi connectivity index (χ2n) is 8.79. The van der Waals surface area contributed by atoms with Crippen LogP contribution in [0, 0.1) is 17.9 Å². The first-order chi connectivity index (χ1) is 16.3. The second kappa shape index (κ2) is 10.6. The van der Waals surface area contributed by atoms with Crippen LogP contribution in [0.5, 0.6) is 23.0 Å². The molecule has 0 unspecified atom stereocenters. The third-order valence-electron chi connectivity index (χ3n) is 5.28. The van der Waals surface area contributed by atoms with Gasteiger partial charge in [0.2, 0.25) is 0 Å². The highest BCUT2D eigenvalue weighted by atomic mass is 16.5. The van der Waals surface area contributed by atoms with Crippen LogP contribution in [0.4, 0.5) is 5.69 Å². The highest BCUT2D eigenvalue weighted by Crippen LogP contribution is 2.33. The van der Waals surface area contributed by atoms with E-state index in [4.69, 9.17) is 30.8 Å². The van der Waals surface area contributed by atoms with E-state index in [2.05, 4.69) is 43.8 Å². The van der Waals surface area contributed by atoms with E-state index in [1.165, 1.54) is 0 Å². The molecular formula is C28H28N2O4. The van der Waals surface area contributed by atoms with Crippen LogP contribution in [-0.2, 0) is 18.6 Å². The summed E-state index contributed by atoms with van der Waals surface area (Å²) in [7, 11) is 3.11. The third kappa shape index (κ3) is 5.99. The topological polar surface area (TPSA) is 65.1 Å². The van der Waals surface area contributed by atoms with Crippen LogP contribution >= 0.6 is 0 Å². The van der Waals surface area contributed by atoms with E-state index in [0.717, 1.165) is 16.7 Å². The number of nitrogens with zero attached hydrogens (tertiary/aromatic N) is 2. The summed E-state index contributed by atoms with van der Waals surface area (Å²) < 4.78 is 22.8. The number of rotatable bonds is 8. The molecule has 0 saturated carbocycles. The summed E-state index contributed by atoms with van der Waals surface area (Å²) >= 11 is 0. The number of hydrogen-bond donors (Lipinski definition) is 0. The smallest absolute Gasteiger partial charge is 0.191 e. The molecule has 6 nitrogen and oxygen atoms in total. The van der Waals surface area contributed by atoms with Gasteiger partial charge in [-0.3, -0.25) is 0 Å². The predicted octanol–water partition coefficient (Wildman–Crippen LogP) is 6.58. The van der Waals surface area contributed by atoms with Gasteiger partial charge in [0, 0.05) is 6.07 Å². The highest BCUT2D eigenvalue weighted by molar-refractivity contribution is 5.55. The fourth-order valence-corrected chi connectivity index (χ4v) is 3.39. The molecule has 0 heterocycles. The van der Waals surface area contributed by atoms with E-state index in [-0.39, 0.29) is 5.41 Å². The van der Waals surface area contributed by atoms with E-state index >= 15 is 0 Å². The van der Waals surface area contributed by atoms with Crippen molar-refractivity contribution in [2.75, 3.05) is 14.2 Å². The van der Waals surface area contributed by atoms with Gasteiger partial charge < -0.3 is 18.9 Å². The maximum Gasteiger partial charge on any atom is 0.191 e. The normalized spacial score (nSPS) is 10.7. The molecule has 0 aliphatic heterocycles. The molecule has 0 N–H and O–H groups in total. The molecule has 3 rings (SSSR count). The summed E-state index contributed by atoms with van der Waals surface area (Å²) in [6, 6.07) is 18.6. The molecule has 6 heteroatoms. The SMILES string of the molecule is [C-]#[N+]c1ccc(OCc2cc(COc3ccc(C#N)cc3OC)cc(C(C)(C)C)c2)c(OC)c1. The third-order valence-corrected chi connectivity index (χ3v) is 5.28. The van der Waals surface area contributed by atoms with Gasteiger partial charge in [-0.05, 0) is 52.4 Å². The van der Waals surface area contributed by atoms with Gasteiger partial charge in [0.15, 0.2) is 22.9 Å². The summed E-state index contributed by atoms with van der Waals surface area (Å²) in [5.41, 5.74) is 4.09. The molecule has 0 saturated heterocycles. The van der Waals surface area contributed by atoms with Crippen molar-refractivity contribution in [1.29, 1.82) is 5.26 Å². The fraction of sp³-hybridized carbons (Fsp3) is 0.286. The summed E-state index contributed by atoms with van der Waals surface area (Å²) in [5, 5.41) is 9.11. The summed E-state index contributed by atoms with van der Waals surface area (Å²) in [6.07, 6.45) is 0. The standard InChI is InChI=1S/C28H28N2O4/c1-28(2,3)22-12-20(17-33-24-9-7-19(16-29)14-26(24)31-5)11-21(13-22)18-34-25-10-8-23(30-4)15-27(25)32-6/h7-15H,17-18H2,1-3,5-6H3. The van der Waals surface area contributed by atoms with Crippen molar-refractivity contribution in [3.8, 4) is 29.1 Å². The lowest BCUT2D eigenvalue weighted by atomic mass is 9.85. The van der Waals surface area contributed by atoms with E-state index in [1.807, 2.05) is 6.07 Å². The number of ether oxygens (including phenoxy) is 4. The van der Waals surface area contributed by atoms with Crippen molar-refractivity contribution in [2.24, 2.45) is 0 Å². The Morgan fingerprint density at radius 1 is 0.794 bits per heavy atom. The molecule has 0 fully saturated rings. The molecule has 34 heavy (non-hydrogen) atoms. The van der Waals surface area contributed by atoms with Crippen molar-refractivity contribution in [3.63, 3.8) is 0 Å². The predicted molar refractivity (Wildman–Crippen MR) is 131 cm³/mol. The summed E-state index contributed by atoms with van der Waals surface area (Å²) in [5.74, 6) is 2.20. The lowest BCUT2D eigenvalue weighted by Gasteiger charge is -2.22. The van der Waals surface area contributed by atoms with E-state index in [1.54, 1.807) is 50.6 Å². The molecule has 0 radical (unpaired) electrons. The summed E-state index contributed by atoms with van der Waals surface area (Å²) in [4.78, 5) is 3.43. The van der Waals surface area contributed by atoms with Gasteiger partial charge in [0.25, 0.3) is 0 Å². The first-order valence-electron chi connectivity index (χ1n) is 10.8. The van der Waals surface area contributed by atoms with Crippen molar-refractivity contribution >= 4 is 5.69 Å². The van der Waals surface area contributed by atoms with Gasteiger partial charge >= 0.3 is 0 Å². The maximum absolute atomic E-state index is 9.11. The lowest BCUT2D eigenvalue weighted by molar-refractivity contribution is 0.279. The molecule has 0 aliphatic rings. The number of hydrogen-bond acceptors (Lipinski definition) is 5. The quantitative estimate of drug-likeness (QED) is 0.358. The number of benzene rings is 3. The number of nitriles is 1. The molecule has 0 amide bonds. The van der Waals surface area contributed by atoms with Gasteiger partial charge in [0.1, 0.15) is 19.0 Å². The van der Waals surface area contributed by atoms with Gasteiger partial charge in [-0.2, -0.15) is 5.26 Å². The Kier molecular flexibility index (Phi) is 7.66. The average molecular weight is 457 g/mol. The Balaban J connectivity index is 1.83. The first kappa shape index (κ1) is 24.5. The zero-order valence-electron chi connectivity index (χ0n) is 20.1. The Bertz CT molecular complexity index is 1160. The van der Waals surface area contributed by atoms with Gasteiger partial charge in [0.05, 0.1) is 32.4 Å². The van der Waals surface area contributed by atoms with Crippen LogP contribution in [0.2, 0.25) is 0 Å². The molecule has 0 bridgehead atoms. The molecule has 0 aromatic heterocycles. The van der Waals surface area contributed by atoms with Crippen LogP contribution in [0.1, 0.15) is 43.0 Å². The van der Waals surface area contributed by atoms with Gasteiger partial charge in [-0.25, -0.2) is 4.85 Å². The van der Waals surface area contributed by atoms with Crippen molar-refractivity contribution in [2.45, 2.75) is 39.4 Å². The Morgan fingerprint density at radius 2 is 1.35 bits per heavy atom. The molecule has 174 valence electrons. The van der Waals surface area contributed by atoms with Crippen LogP contribution in [-0.4, -0.2) is 14.2 Å². The highest BCUT2D eigenvalue weighted by Gasteiger charge is 2.17. The van der Waals surface area contributed by atoms with E-state index < -0.39 is 0 Å². The molecule has 0 atom stereocenters. The minimum Gasteiger partial charge on any atom is -0.494 e. The zero-order chi connectivity index (χ0) is 24.7. The van der Waals surface area contributed by atoms with Crippen LogP contribution in [0.15, 0.2) is 54.6 Å². The van der Waals surface area contributed by atoms with Crippen LogP contribution in [0.3, 0.4) is 0 Å². The van der Waals surface area contributed by atoms with Crippen molar-refractivity contribution in [3.05, 3.63) is 88.3 Å². The van der Waals surface area contributed by atoms with E-state index in [9.17, 15) is 0 Å². The Labute approximate surface area is 201 Å². The minimum atomic E-state index is -0.0636. The van der Waals surface area contributed by atoms with Crippen molar-refractivity contribution in [1.82, 2.24) is 0 Å². The minimum absolute atomic E-state index is 0.0636. The van der Waals surface area contributed by atoms with E-state index in [0.29, 0.717) is 47.5 Å². The number of methoxy groups -OCH3 is 2. The molecular weight excluding hydrogens is 428 g/mol. The first-order valence-corrected chi connectivity index (χ1v) is 10.8. The van der Waals surface area contributed by atoms with Crippen molar-refractivity contribution < 1.29 is 18.9 Å². The van der Waals surface area contributed by atoms with Crippen LogP contribution in [0.25, 0.3) is 4.85 Å². The Morgan fingerprint density at radius 3 is 1.85 bits per heavy atom. The second-order valence-corrected chi connectivity index (χ2v) is 8.79. The fourth-order valence-electron chi connectivity index (χ4n) is 3.39. The van der Waals surface area contributed by atoms with Crippen LogP contribution < -0.4 is 18.9 Å². The Hall–Kier alpha value is -4.16. The average Bonchev–Trinajstić information content (AvgIpc) is 2.85. The molecule has 3 aromatic rings. The monoisotopic (exact) mass is 456 g/mol. The molecule has 3 aromatic carbocycles.